The Morgan fingerprint density at radius 2 is 1.02 bits per heavy atom. The number of esters is 1. The lowest BCUT2D eigenvalue weighted by atomic mass is 10.2. The quantitative estimate of drug-likeness (QED) is 0.152. The molecule has 0 amide bonds. The maximum atomic E-state index is 10.9. The molecule has 0 aromatic heterocycles. The van der Waals surface area contributed by atoms with Gasteiger partial charge < -0.3 is 50.5 Å². The fourth-order valence-corrected chi connectivity index (χ4v) is 2.90. The molecule has 0 unspecified atom stereocenters. The summed E-state index contributed by atoms with van der Waals surface area (Å²) < 4.78 is 4.42. The van der Waals surface area contributed by atoms with Gasteiger partial charge in [-0.2, -0.15) is 0 Å². The molecule has 0 bridgehead atoms. The minimum atomic E-state index is -1.18. The molecule has 0 aliphatic carbocycles. The number of hydrogen-bond donors (Lipinski definition) is 8. The van der Waals surface area contributed by atoms with Crippen LogP contribution in [0.5, 0.6) is 17.2 Å². The summed E-state index contributed by atoms with van der Waals surface area (Å²) >= 11 is 0. The van der Waals surface area contributed by atoms with Gasteiger partial charge in [-0.1, -0.05) is 48.2 Å². The minimum Gasteiger partial charge on any atom is -0.872 e. The lowest BCUT2D eigenvalue weighted by Crippen LogP contribution is -3.13. The molecule has 13 heteroatoms. The van der Waals surface area contributed by atoms with Gasteiger partial charge >= 0.3 is 17.9 Å². The average Bonchev–Trinajstić information content (AvgIpc) is 2.95. The number of carboxylic acid groups (broad SMARTS) is 2. The SMILES string of the molecule is COC(=O)c1ccccc1O.O=C(O)c1ccccc1O.O=C(O)c1ccccc1[O-].OCC[NH+](CCO)CCO. The van der Waals surface area contributed by atoms with Gasteiger partial charge in [-0.15, -0.1) is 0 Å². The number of rotatable bonds is 9. The molecular weight excluding hydrogens is 542 g/mol. The van der Waals surface area contributed by atoms with Gasteiger partial charge in [0.05, 0.1) is 32.5 Å². The highest BCUT2D eigenvalue weighted by atomic mass is 16.5. The third kappa shape index (κ3) is 14.9. The van der Waals surface area contributed by atoms with Crippen LogP contribution in [0.1, 0.15) is 31.1 Å². The molecule has 3 aromatic carbocycles. The molecule has 0 aliphatic heterocycles. The number of aromatic hydroxyl groups is 2. The molecule has 0 aliphatic rings. The maximum Gasteiger partial charge on any atom is 0.341 e. The second-order valence-corrected chi connectivity index (χ2v) is 7.80. The van der Waals surface area contributed by atoms with Crippen molar-refractivity contribution in [2.24, 2.45) is 0 Å². The van der Waals surface area contributed by atoms with Crippen molar-refractivity contribution in [1.29, 1.82) is 0 Å². The van der Waals surface area contributed by atoms with Gasteiger partial charge in [-0.25, -0.2) is 14.4 Å². The van der Waals surface area contributed by atoms with Gasteiger partial charge in [-0.3, -0.25) is 0 Å². The molecule has 3 rings (SSSR count). The van der Waals surface area contributed by atoms with Crippen molar-refractivity contribution in [3.63, 3.8) is 0 Å². The summed E-state index contributed by atoms with van der Waals surface area (Å²) in [7, 11) is 1.27. The Kier molecular flexibility index (Phi) is 18.7. The Labute approximate surface area is 236 Å². The van der Waals surface area contributed by atoms with E-state index >= 15 is 0 Å². The third-order valence-corrected chi connectivity index (χ3v) is 4.96. The molecule has 0 saturated heterocycles. The predicted octanol–water partition coefficient (Wildman–Crippen LogP) is -0.424. The molecule has 224 valence electrons. The van der Waals surface area contributed by atoms with Crippen LogP contribution in [-0.2, 0) is 4.74 Å². The number of carbonyl (C=O) groups is 3. The lowest BCUT2D eigenvalue weighted by Gasteiger charge is -2.15. The first kappa shape index (κ1) is 36.3. The summed E-state index contributed by atoms with van der Waals surface area (Å²) in [6, 6.07) is 17.6. The molecule has 8 N–H and O–H groups in total. The zero-order chi connectivity index (χ0) is 31.2. The first-order valence-electron chi connectivity index (χ1n) is 12.1. The van der Waals surface area contributed by atoms with E-state index in [-0.39, 0.29) is 48.0 Å². The molecule has 0 fully saturated rings. The number of aliphatic hydroxyl groups excluding tert-OH is 3. The zero-order valence-electron chi connectivity index (χ0n) is 22.3. The Bertz CT molecular complexity index is 1130. The fraction of sp³-hybridized carbons (Fsp3) is 0.250. The van der Waals surface area contributed by atoms with Crippen LogP contribution < -0.4 is 10.0 Å². The Hall–Kier alpha value is -4.69. The van der Waals surface area contributed by atoms with E-state index in [2.05, 4.69) is 4.74 Å². The molecular formula is C28H35NO12. The van der Waals surface area contributed by atoms with Gasteiger partial charge in [0.25, 0.3) is 0 Å². The normalized spacial score (nSPS) is 9.59. The van der Waals surface area contributed by atoms with E-state index in [1.165, 1.54) is 55.6 Å². The topological polar surface area (TPSA) is 230 Å². The van der Waals surface area contributed by atoms with Crippen molar-refractivity contribution < 1.29 is 64.9 Å². The van der Waals surface area contributed by atoms with Crippen LogP contribution in [0, 0.1) is 0 Å². The predicted molar refractivity (Wildman–Crippen MR) is 144 cm³/mol. The monoisotopic (exact) mass is 577 g/mol. The number of hydrogen-bond acceptors (Lipinski definition) is 10. The van der Waals surface area contributed by atoms with Gasteiger partial charge in [-0.05, 0) is 30.3 Å². The first-order valence-corrected chi connectivity index (χ1v) is 12.1. The molecule has 3 aromatic rings. The van der Waals surface area contributed by atoms with Crippen molar-refractivity contribution in [3.05, 3.63) is 89.5 Å². The van der Waals surface area contributed by atoms with E-state index in [1.54, 1.807) is 24.3 Å². The molecule has 0 heterocycles. The van der Waals surface area contributed by atoms with Gasteiger partial charge in [0, 0.05) is 0 Å². The van der Waals surface area contributed by atoms with Crippen LogP contribution >= 0.6 is 0 Å². The van der Waals surface area contributed by atoms with Gasteiger partial charge in [0.15, 0.2) is 0 Å². The van der Waals surface area contributed by atoms with Crippen molar-refractivity contribution in [1.82, 2.24) is 0 Å². The van der Waals surface area contributed by atoms with E-state index in [0.29, 0.717) is 19.6 Å². The second kappa shape index (κ2) is 21.2. The van der Waals surface area contributed by atoms with E-state index in [4.69, 9.17) is 35.7 Å². The number of para-hydroxylation sites is 3. The average molecular weight is 578 g/mol. The van der Waals surface area contributed by atoms with Crippen molar-refractivity contribution >= 4 is 17.9 Å². The highest BCUT2D eigenvalue weighted by Gasteiger charge is 2.08. The number of benzene rings is 3. The third-order valence-electron chi connectivity index (χ3n) is 4.96. The number of aromatic carboxylic acids is 2. The smallest absolute Gasteiger partial charge is 0.341 e. The summed E-state index contributed by atoms with van der Waals surface area (Å²) in [4.78, 5) is 32.4. The molecule has 13 nitrogen and oxygen atoms in total. The maximum absolute atomic E-state index is 10.9. The molecule has 0 spiro atoms. The number of ether oxygens (including phenoxy) is 1. The summed E-state index contributed by atoms with van der Waals surface area (Å²) in [5, 5.41) is 71.0. The van der Waals surface area contributed by atoms with Gasteiger partial charge in [0.1, 0.15) is 42.3 Å². The van der Waals surface area contributed by atoms with Crippen LogP contribution in [0.4, 0.5) is 0 Å². The Balaban J connectivity index is 0.000000521. The van der Waals surface area contributed by atoms with E-state index in [1.807, 2.05) is 0 Å². The van der Waals surface area contributed by atoms with Crippen LogP contribution in [0.15, 0.2) is 72.8 Å². The summed E-state index contributed by atoms with van der Waals surface area (Å²) in [5.74, 6) is -3.52. The number of carboxylic acids is 2. The van der Waals surface area contributed by atoms with Gasteiger partial charge in [0.2, 0.25) is 0 Å². The van der Waals surface area contributed by atoms with Crippen molar-refractivity contribution in [3.8, 4) is 17.2 Å². The van der Waals surface area contributed by atoms with E-state index in [9.17, 15) is 19.5 Å². The zero-order valence-corrected chi connectivity index (χ0v) is 22.3. The second-order valence-electron chi connectivity index (χ2n) is 7.80. The highest BCUT2D eigenvalue weighted by molar-refractivity contribution is 5.92. The lowest BCUT2D eigenvalue weighted by molar-refractivity contribution is -0.901. The van der Waals surface area contributed by atoms with Crippen molar-refractivity contribution in [2.45, 2.75) is 0 Å². The number of aliphatic hydroxyl groups is 3. The Morgan fingerprint density at radius 1 is 0.659 bits per heavy atom. The van der Waals surface area contributed by atoms with Crippen LogP contribution in [0.2, 0.25) is 0 Å². The number of carbonyl (C=O) groups excluding carboxylic acids is 1. The number of phenolic OH excluding ortho intramolecular Hbond substituents is 1. The molecule has 0 radical (unpaired) electrons. The highest BCUT2D eigenvalue weighted by Crippen LogP contribution is 2.16. The van der Waals surface area contributed by atoms with Crippen LogP contribution in [0.25, 0.3) is 0 Å². The summed E-state index contributed by atoms with van der Waals surface area (Å²) in [5.41, 5.74) is -0.0556. The number of phenols is 2. The number of quaternary nitrogens is 1. The van der Waals surface area contributed by atoms with Crippen molar-refractivity contribution in [2.75, 3.05) is 46.6 Å². The molecule has 0 atom stereocenters. The fourth-order valence-electron chi connectivity index (χ4n) is 2.90. The summed E-state index contributed by atoms with van der Waals surface area (Å²) in [6.45, 7) is 2.11. The van der Waals surface area contributed by atoms with E-state index < -0.39 is 23.7 Å². The van der Waals surface area contributed by atoms with E-state index in [0.717, 1.165) is 4.90 Å². The standard InChI is InChI=1S/C8H8O3.2C7H6O3.C6H15NO3/c1-11-8(10)6-4-2-3-5-7(6)9;2*8-6-4-2-1-3-5(6)7(9)10;8-4-1-7(2-5-9)3-6-10/h2-5,9H,1H3;2*1-4,8H,(H,9,10);8-10H,1-6H2. The van der Waals surface area contributed by atoms with Crippen LogP contribution in [-0.4, -0.2) is 100 Å². The first-order chi connectivity index (χ1) is 19.5. The summed E-state index contributed by atoms with van der Waals surface area (Å²) in [6.07, 6.45) is 0. The Morgan fingerprint density at radius 3 is 1.32 bits per heavy atom. The molecule has 0 saturated carbocycles. The molecule has 41 heavy (non-hydrogen) atoms. The van der Waals surface area contributed by atoms with Crippen LogP contribution in [0.3, 0.4) is 0 Å². The largest absolute Gasteiger partial charge is 0.872 e. The number of nitrogens with one attached hydrogen (secondary N) is 1. The minimum absolute atomic E-state index is 0.0562. The number of methoxy groups -OCH3 is 1.